The highest BCUT2D eigenvalue weighted by Crippen LogP contribution is 2.40. The Kier molecular flexibility index (Phi) is 3.84. The molecule has 0 saturated heterocycles. The number of fused-ring (bicyclic) bond motifs is 5. The van der Waals surface area contributed by atoms with E-state index in [0.29, 0.717) is 0 Å². The van der Waals surface area contributed by atoms with Crippen molar-refractivity contribution in [1.29, 1.82) is 0 Å². The van der Waals surface area contributed by atoms with Gasteiger partial charge in [0.05, 0.1) is 11.2 Å². The van der Waals surface area contributed by atoms with Gasteiger partial charge in [0, 0.05) is 27.3 Å². The minimum Gasteiger partial charge on any atom is -0.456 e. The molecule has 0 aliphatic rings. The van der Waals surface area contributed by atoms with Crippen LogP contribution in [0.25, 0.3) is 66.3 Å². The fourth-order valence-electron chi connectivity index (χ4n) is 4.71. The molecule has 3 nitrogen and oxygen atoms in total. The van der Waals surface area contributed by atoms with Gasteiger partial charge in [-0.1, -0.05) is 84.9 Å². The van der Waals surface area contributed by atoms with E-state index in [9.17, 15) is 0 Å². The van der Waals surface area contributed by atoms with Gasteiger partial charge in [-0.25, -0.2) is 9.97 Å². The summed E-state index contributed by atoms with van der Waals surface area (Å²) in [6.45, 7) is 0. The van der Waals surface area contributed by atoms with Gasteiger partial charge in [0.2, 0.25) is 0 Å². The second-order valence-corrected chi connectivity index (χ2v) is 8.26. The van der Waals surface area contributed by atoms with Crippen LogP contribution in [0.4, 0.5) is 0 Å². The molecule has 0 fully saturated rings. The van der Waals surface area contributed by atoms with Gasteiger partial charge in [-0.3, -0.25) is 0 Å². The monoisotopic (exact) mass is 422 g/mol. The zero-order chi connectivity index (χ0) is 21.8. The molecule has 0 unspecified atom stereocenters. The summed E-state index contributed by atoms with van der Waals surface area (Å²) in [5.41, 5.74) is 5.65. The predicted molar refractivity (Wildman–Crippen MR) is 135 cm³/mol. The lowest BCUT2D eigenvalue weighted by atomic mass is 9.99. The van der Waals surface area contributed by atoms with Gasteiger partial charge >= 0.3 is 0 Å². The summed E-state index contributed by atoms with van der Waals surface area (Å²) in [6.07, 6.45) is 0. The average molecular weight is 422 g/mol. The maximum atomic E-state index is 6.31. The van der Waals surface area contributed by atoms with Gasteiger partial charge in [-0.05, 0) is 35.0 Å². The molecule has 33 heavy (non-hydrogen) atoms. The predicted octanol–water partition coefficient (Wildman–Crippen LogP) is 8.02. The molecule has 2 aromatic heterocycles. The van der Waals surface area contributed by atoms with Crippen molar-refractivity contribution in [1.82, 2.24) is 9.97 Å². The molecule has 0 radical (unpaired) electrons. The van der Waals surface area contributed by atoms with Crippen molar-refractivity contribution in [3.8, 4) is 22.6 Å². The van der Waals surface area contributed by atoms with E-state index >= 15 is 0 Å². The van der Waals surface area contributed by atoms with E-state index in [2.05, 4.69) is 48.5 Å². The topological polar surface area (TPSA) is 38.9 Å². The third-order valence-electron chi connectivity index (χ3n) is 6.25. The smallest absolute Gasteiger partial charge is 0.160 e. The summed E-state index contributed by atoms with van der Waals surface area (Å²) in [5, 5.41) is 5.58. The highest BCUT2D eigenvalue weighted by atomic mass is 16.3. The van der Waals surface area contributed by atoms with Crippen LogP contribution < -0.4 is 0 Å². The second kappa shape index (κ2) is 7.01. The lowest BCUT2D eigenvalue weighted by molar-refractivity contribution is 0.669. The van der Waals surface area contributed by atoms with Crippen molar-refractivity contribution in [2.75, 3.05) is 0 Å². The molecule has 154 valence electrons. The summed E-state index contributed by atoms with van der Waals surface area (Å²) in [7, 11) is 0. The van der Waals surface area contributed by atoms with Crippen LogP contribution in [0.1, 0.15) is 0 Å². The first-order valence-electron chi connectivity index (χ1n) is 11.0. The summed E-state index contributed by atoms with van der Waals surface area (Å²) >= 11 is 0. The van der Waals surface area contributed by atoms with E-state index in [1.54, 1.807) is 0 Å². The molecule has 0 amide bonds. The van der Waals surface area contributed by atoms with Crippen LogP contribution in [0.15, 0.2) is 114 Å². The molecule has 0 atom stereocenters. The van der Waals surface area contributed by atoms with Gasteiger partial charge < -0.3 is 4.42 Å². The van der Waals surface area contributed by atoms with Crippen LogP contribution in [-0.4, -0.2) is 9.97 Å². The van der Waals surface area contributed by atoms with Crippen LogP contribution >= 0.6 is 0 Å². The van der Waals surface area contributed by atoms with Crippen LogP contribution in [-0.2, 0) is 0 Å². The van der Waals surface area contributed by atoms with Gasteiger partial charge in [0.25, 0.3) is 0 Å². The Bertz CT molecular complexity index is 1820. The van der Waals surface area contributed by atoms with Gasteiger partial charge in [-0.2, -0.15) is 0 Å². The highest BCUT2D eigenvalue weighted by Gasteiger charge is 2.17. The fraction of sp³-hybridized carbons (Fsp3) is 0. The van der Waals surface area contributed by atoms with Crippen molar-refractivity contribution in [3.05, 3.63) is 109 Å². The van der Waals surface area contributed by atoms with Crippen LogP contribution in [0.2, 0.25) is 0 Å². The van der Waals surface area contributed by atoms with Crippen molar-refractivity contribution >= 4 is 43.6 Å². The van der Waals surface area contributed by atoms with Crippen LogP contribution in [0, 0.1) is 0 Å². The Morgan fingerprint density at radius 3 is 2.18 bits per heavy atom. The quantitative estimate of drug-likeness (QED) is 0.283. The number of hydrogen-bond acceptors (Lipinski definition) is 3. The van der Waals surface area contributed by atoms with E-state index in [1.807, 2.05) is 60.7 Å². The molecule has 0 aliphatic carbocycles. The van der Waals surface area contributed by atoms with Crippen molar-refractivity contribution in [3.63, 3.8) is 0 Å². The third kappa shape index (κ3) is 2.83. The van der Waals surface area contributed by atoms with Crippen molar-refractivity contribution < 1.29 is 4.42 Å². The summed E-state index contributed by atoms with van der Waals surface area (Å²) in [5.74, 6) is 0.722. The Morgan fingerprint density at radius 1 is 0.545 bits per heavy atom. The molecule has 0 spiro atoms. The number of aromatic nitrogens is 2. The molecule has 0 aliphatic heterocycles. The molecular weight excluding hydrogens is 404 g/mol. The summed E-state index contributed by atoms with van der Waals surface area (Å²) in [6, 6.07) is 37.3. The number of furan rings is 1. The number of rotatable bonds is 2. The molecule has 3 heteroatoms. The zero-order valence-corrected chi connectivity index (χ0v) is 17.7. The Morgan fingerprint density at radius 2 is 1.30 bits per heavy atom. The normalized spacial score (nSPS) is 11.6. The largest absolute Gasteiger partial charge is 0.456 e. The molecule has 7 rings (SSSR count). The first-order valence-corrected chi connectivity index (χ1v) is 11.0. The van der Waals surface area contributed by atoms with Crippen LogP contribution in [0.3, 0.4) is 0 Å². The molecule has 2 heterocycles. The second-order valence-electron chi connectivity index (χ2n) is 8.26. The standard InChI is InChI=1S/C30H18N2O/c1-2-9-19(10-3-1)30-31-25-15-7-6-13-22(25)29(32-30)23-14-8-16-26-28(23)24-17-20-11-4-5-12-21(20)18-27(24)33-26/h1-18H. The zero-order valence-electron chi connectivity index (χ0n) is 17.7. The Balaban J connectivity index is 1.60. The van der Waals surface area contributed by atoms with Crippen molar-refractivity contribution in [2.45, 2.75) is 0 Å². The van der Waals surface area contributed by atoms with E-state index in [4.69, 9.17) is 14.4 Å². The number of para-hydroxylation sites is 1. The fourth-order valence-corrected chi connectivity index (χ4v) is 4.71. The minimum absolute atomic E-state index is 0.722. The van der Waals surface area contributed by atoms with E-state index in [1.165, 1.54) is 10.8 Å². The van der Waals surface area contributed by atoms with E-state index in [0.717, 1.165) is 55.5 Å². The molecule has 0 bridgehead atoms. The minimum atomic E-state index is 0.722. The molecular formula is C30H18N2O. The Hall–Kier alpha value is -4.50. The number of nitrogens with zero attached hydrogens (tertiary/aromatic N) is 2. The molecule has 5 aromatic carbocycles. The molecule has 0 saturated carbocycles. The summed E-state index contributed by atoms with van der Waals surface area (Å²) in [4.78, 5) is 9.96. The van der Waals surface area contributed by atoms with Crippen molar-refractivity contribution in [2.24, 2.45) is 0 Å². The maximum Gasteiger partial charge on any atom is 0.160 e. The molecule has 0 N–H and O–H groups in total. The first kappa shape index (κ1) is 18.1. The lowest BCUT2D eigenvalue weighted by Gasteiger charge is -2.10. The average Bonchev–Trinajstić information content (AvgIpc) is 3.24. The lowest BCUT2D eigenvalue weighted by Crippen LogP contribution is -1.95. The van der Waals surface area contributed by atoms with Gasteiger partial charge in [-0.15, -0.1) is 0 Å². The van der Waals surface area contributed by atoms with Gasteiger partial charge in [0.15, 0.2) is 5.82 Å². The molecule has 7 aromatic rings. The van der Waals surface area contributed by atoms with Gasteiger partial charge in [0.1, 0.15) is 11.2 Å². The SMILES string of the molecule is c1ccc(-c2nc(-c3cccc4oc5cc6ccccc6cc5c34)c3ccccc3n2)cc1. The number of hydrogen-bond donors (Lipinski definition) is 0. The Labute approximate surface area is 190 Å². The third-order valence-corrected chi connectivity index (χ3v) is 6.25. The van der Waals surface area contributed by atoms with E-state index < -0.39 is 0 Å². The summed E-state index contributed by atoms with van der Waals surface area (Å²) < 4.78 is 6.31. The maximum absolute atomic E-state index is 6.31. The highest BCUT2D eigenvalue weighted by molar-refractivity contribution is 6.17. The number of benzene rings is 5. The van der Waals surface area contributed by atoms with E-state index in [-0.39, 0.29) is 0 Å². The first-order chi connectivity index (χ1) is 16.3. The van der Waals surface area contributed by atoms with Crippen LogP contribution in [0.5, 0.6) is 0 Å².